The molecule has 1 atom stereocenters. The lowest BCUT2D eigenvalue weighted by atomic mass is 10.1. The van der Waals surface area contributed by atoms with Crippen LogP contribution in [0.1, 0.15) is 24.5 Å². The van der Waals surface area contributed by atoms with Gasteiger partial charge in [-0.1, -0.05) is 13.0 Å². The van der Waals surface area contributed by atoms with E-state index in [1.165, 1.54) is 0 Å². The normalized spacial score (nSPS) is 13.5. The molecule has 4 nitrogen and oxygen atoms in total. The van der Waals surface area contributed by atoms with E-state index >= 15 is 0 Å². The Morgan fingerprint density at radius 2 is 2.11 bits per heavy atom. The largest absolute Gasteiger partial charge is 0.326 e. The average Bonchev–Trinajstić information content (AvgIpc) is 2.38. The van der Waals surface area contributed by atoms with Gasteiger partial charge < -0.3 is 5.73 Å². The smallest absolute Gasteiger partial charge is 0.240 e. The van der Waals surface area contributed by atoms with Crippen LogP contribution in [0.15, 0.2) is 23.1 Å². The van der Waals surface area contributed by atoms with Crippen molar-refractivity contribution in [2.24, 2.45) is 5.73 Å². The van der Waals surface area contributed by atoms with Crippen molar-refractivity contribution in [1.82, 2.24) is 4.72 Å². The Balaban J connectivity index is 2.77. The fraction of sp³-hybridized carbons (Fsp3) is 0.538. The Morgan fingerprint density at radius 1 is 1.42 bits per heavy atom. The highest BCUT2D eigenvalue weighted by atomic mass is 32.2. The molecular weight excluding hydrogens is 280 g/mol. The number of nitrogens with two attached hydrogens (primary N) is 1. The Kier molecular flexibility index (Phi) is 6.32. The van der Waals surface area contributed by atoms with Gasteiger partial charge in [0, 0.05) is 18.3 Å². The Bertz CT molecular complexity index is 515. The lowest BCUT2D eigenvalue weighted by Crippen LogP contribution is -2.26. The third-order valence-electron chi connectivity index (χ3n) is 3.10. The minimum atomic E-state index is -3.43. The summed E-state index contributed by atoms with van der Waals surface area (Å²) in [5.41, 5.74) is 7.48. The summed E-state index contributed by atoms with van der Waals surface area (Å²) < 4.78 is 26.9. The molecule has 1 aromatic carbocycles. The van der Waals surface area contributed by atoms with E-state index in [4.69, 9.17) is 5.73 Å². The van der Waals surface area contributed by atoms with E-state index in [0.717, 1.165) is 17.5 Å². The van der Waals surface area contributed by atoms with Crippen molar-refractivity contribution >= 4 is 21.8 Å². The van der Waals surface area contributed by atoms with Gasteiger partial charge in [-0.05, 0) is 42.9 Å². The highest BCUT2D eigenvalue weighted by molar-refractivity contribution is 7.99. The van der Waals surface area contributed by atoms with Crippen molar-refractivity contribution in [2.75, 3.05) is 12.8 Å². The molecule has 0 aliphatic carbocycles. The van der Waals surface area contributed by atoms with Gasteiger partial charge in [0.2, 0.25) is 10.0 Å². The number of nitrogens with one attached hydrogen (secondary N) is 1. The summed E-state index contributed by atoms with van der Waals surface area (Å²) in [6.07, 6.45) is 2.84. The van der Waals surface area contributed by atoms with Gasteiger partial charge in [-0.25, -0.2) is 13.1 Å². The number of benzene rings is 1. The van der Waals surface area contributed by atoms with Gasteiger partial charge in [0.1, 0.15) is 0 Å². The van der Waals surface area contributed by atoms with Gasteiger partial charge >= 0.3 is 0 Å². The first-order valence-corrected chi connectivity index (χ1v) is 9.00. The van der Waals surface area contributed by atoms with E-state index in [9.17, 15) is 8.42 Å². The maximum Gasteiger partial charge on any atom is 0.240 e. The van der Waals surface area contributed by atoms with Crippen LogP contribution in [0.3, 0.4) is 0 Å². The molecule has 19 heavy (non-hydrogen) atoms. The molecule has 0 aliphatic rings. The maximum atomic E-state index is 12.1. The summed E-state index contributed by atoms with van der Waals surface area (Å²) in [6.45, 7) is 4.80. The number of hydrogen-bond donors (Lipinski definition) is 2. The van der Waals surface area contributed by atoms with Gasteiger partial charge in [-0.15, -0.1) is 0 Å². The van der Waals surface area contributed by atoms with Crippen LogP contribution in [0, 0.1) is 6.92 Å². The summed E-state index contributed by atoms with van der Waals surface area (Å²) >= 11 is 1.73. The topological polar surface area (TPSA) is 72.2 Å². The molecule has 108 valence electrons. The van der Waals surface area contributed by atoms with Crippen molar-refractivity contribution in [2.45, 2.75) is 37.0 Å². The predicted molar refractivity (Wildman–Crippen MR) is 81.9 cm³/mol. The first kappa shape index (κ1) is 16.5. The number of rotatable bonds is 7. The number of thioether (sulfide) groups is 1. The number of sulfonamides is 1. The van der Waals surface area contributed by atoms with E-state index in [1.807, 2.05) is 13.2 Å². The molecular formula is C13H22N2O2S2. The first-order valence-electron chi connectivity index (χ1n) is 6.22. The number of aryl methyl sites for hydroxylation is 1. The molecule has 0 saturated carbocycles. The predicted octanol–water partition coefficient (Wildman–Crippen LogP) is 1.87. The van der Waals surface area contributed by atoms with Crippen molar-refractivity contribution in [3.8, 4) is 0 Å². The van der Waals surface area contributed by atoms with Crippen LogP contribution in [-0.4, -0.2) is 26.5 Å². The molecule has 0 bridgehead atoms. The van der Waals surface area contributed by atoms with E-state index in [0.29, 0.717) is 18.3 Å². The lowest BCUT2D eigenvalue weighted by molar-refractivity contribution is 0.579. The zero-order chi connectivity index (χ0) is 14.5. The Hall–Kier alpha value is -0.560. The molecule has 1 unspecified atom stereocenters. The maximum absolute atomic E-state index is 12.1. The van der Waals surface area contributed by atoms with Gasteiger partial charge in [0.05, 0.1) is 4.90 Å². The minimum Gasteiger partial charge on any atom is -0.326 e. The van der Waals surface area contributed by atoms with E-state index in [1.54, 1.807) is 30.0 Å². The molecule has 0 amide bonds. The summed E-state index contributed by atoms with van der Waals surface area (Å²) in [4.78, 5) is 0.287. The van der Waals surface area contributed by atoms with Crippen molar-refractivity contribution in [3.05, 3.63) is 29.3 Å². The monoisotopic (exact) mass is 302 g/mol. The van der Waals surface area contributed by atoms with Crippen LogP contribution in [-0.2, 0) is 16.6 Å². The molecule has 0 aromatic heterocycles. The molecule has 0 saturated heterocycles. The highest BCUT2D eigenvalue weighted by Crippen LogP contribution is 2.15. The molecule has 0 heterocycles. The third kappa shape index (κ3) is 4.80. The molecule has 3 N–H and O–H groups in total. The fourth-order valence-corrected chi connectivity index (χ4v) is 3.08. The molecule has 1 rings (SSSR count). The molecule has 6 heteroatoms. The Morgan fingerprint density at radius 3 is 2.68 bits per heavy atom. The molecule has 0 spiro atoms. The van der Waals surface area contributed by atoms with Crippen molar-refractivity contribution < 1.29 is 8.42 Å². The van der Waals surface area contributed by atoms with Crippen LogP contribution in [0.2, 0.25) is 0 Å². The fourth-order valence-electron chi connectivity index (χ4n) is 1.63. The van der Waals surface area contributed by atoms with Gasteiger partial charge in [-0.2, -0.15) is 11.8 Å². The Labute approximate surface area is 120 Å². The van der Waals surface area contributed by atoms with Crippen LogP contribution in [0.25, 0.3) is 0 Å². The summed E-state index contributed by atoms with van der Waals surface area (Å²) in [6, 6.07) is 5.06. The van der Waals surface area contributed by atoms with Crippen LogP contribution in [0.4, 0.5) is 0 Å². The van der Waals surface area contributed by atoms with Crippen LogP contribution >= 0.6 is 11.8 Å². The van der Waals surface area contributed by atoms with Crippen molar-refractivity contribution in [3.63, 3.8) is 0 Å². The van der Waals surface area contributed by atoms with Crippen LogP contribution in [0.5, 0.6) is 0 Å². The van der Waals surface area contributed by atoms with E-state index in [-0.39, 0.29) is 4.90 Å². The molecule has 0 radical (unpaired) electrons. The summed E-state index contributed by atoms with van der Waals surface area (Å²) in [5.74, 6) is 0. The third-order valence-corrected chi connectivity index (χ3v) is 5.60. The molecule has 1 aromatic rings. The average molecular weight is 302 g/mol. The minimum absolute atomic E-state index is 0.287. The van der Waals surface area contributed by atoms with E-state index < -0.39 is 10.0 Å². The molecule has 0 aliphatic heterocycles. The quantitative estimate of drug-likeness (QED) is 0.806. The van der Waals surface area contributed by atoms with E-state index in [2.05, 4.69) is 11.6 Å². The lowest BCUT2D eigenvalue weighted by Gasteiger charge is -2.11. The zero-order valence-corrected chi connectivity index (χ0v) is 13.3. The summed E-state index contributed by atoms with van der Waals surface area (Å²) in [5, 5.41) is 0.445. The molecule has 0 fully saturated rings. The number of hydrogen-bond acceptors (Lipinski definition) is 4. The SMILES string of the molecule is CSC(C)CCNS(=O)(=O)c1ccc(C)c(CN)c1. The standard InChI is InChI=1S/C13H22N2O2S2/c1-10-4-5-13(8-12(10)9-14)19(16,17)15-7-6-11(2)18-3/h4-5,8,11,15H,6-7,9,14H2,1-3H3. The van der Waals surface area contributed by atoms with Gasteiger partial charge in [0.25, 0.3) is 0 Å². The summed E-state index contributed by atoms with van der Waals surface area (Å²) in [7, 11) is -3.43. The highest BCUT2D eigenvalue weighted by Gasteiger charge is 2.15. The van der Waals surface area contributed by atoms with Gasteiger partial charge in [0.15, 0.2) is 0 Å². The second-order valence-corrected chi connectivity index (χ2v) is 7.57. The first-order chi connectivity index (χ1) is 8.90. The second-order valence-electron chi connectivity index (χ2n) is 4.53. The second kappa shape index (κ2) is 7.28. The van der Waals surface area contributed by atoms with Crippen molar-refractivity contribution in [1.29, 1.82) is 0 Å². The van der Waals surface area contributed by atoms with Gasteiger partial charge in [-0.3, -0.25) is 0 Å². The zero-order valence-electron chi connectivity index (χ0n) is 11.6. The van der Waals surface area contributed by atoms with Crippen LogP contribution < -0.4 is 10.5 Å².